The van der Waals surface area contributed by atoms with E-state index in [0.717, 1.165) is 17.1 Å². The number of rotatable bonds is 5. The highest BCUT2D eigenvalue weighted by atomic mass is 16.5. The zero-order valence-corrected chi connectivity index (χ0v) is 16.3. The van der Waals surface area contributed by atoms with Crippen molar-refractivity contribution in [2.24, 2.45) is 0 Å². The predicted octanol–water partition coefficient (Wildman–Crippen LogP) is 6.40. The molecule has 0 aromatic heterocycles. The fourth-order valence-electron chi connectivity index (χ4n) is 3.18. The van der Waals surface area contributed by atoms with E-state index in [-0.39, 0.29) is 5.97 Å². The first-order chi connectivity index (χ1) is 13.0. The van der Waals surface area contributed by atoms with Crippen LogP contribution >= 0.6 is 0 Å². The minimum atomic E-state index is -0.236. The Kier molecular flexibility index (Phi) is 5.60. The van der Waals surface area contributed by atoms with E-state index in [4.69, 9.17) is 4.74 Å². The van der Waals surface area contributed by atoms with E-state index in [9.17, 15) is 4.79 Å². The summed E-state index contributed by atoms with van der Waals surface area (Å²) in [4.78, 5) is 13.9. The molecule has 3 nitrogen and oxygen atoms in total. The van der Waals surface area contributed by atoms with Crippen LogP contribution in [0.3, 0.4) is 0 Å². The lowest BCUT2D eigenvalue weighted by Crippen LogP contribution is -2.11. The third-order valence-corrected chi connectivity index (χ3v) is 4.32. The number of nitrogens with zero attached hydrogens (tertiary/aromatic N) is 1. The first kappa shape index (κ1) is 18.7. The van der Waals surface area contributed by atoms with E-state index >= 15 is 0 Å². The van der Waals surface area contributed by atoms with Gasteiger partial charge in [0.15, 0.2) is 0 Å². The number of ether oxygens (including phenoxy) is 1. The van der Waals surface area contributed by atoms with Crippen LogP contribution in [0.1, 0.15) is 30.0 Å². The minimum absolute atomic E-state index is 0.236. The lowest BCUT2D eigenvalue weighted by Gasteiger charge is -2.27. The van der Waals surface area contributed by atoms with E-state index in [1.807, 2.05) is 24.3 Å². The number of esters is 1. The molecular formula is C24H25NO2. The van der Waals surface area contributed by atoms with Gasteiger partial charge in [-0.05, 0) is 73.9 Å². The molecule has 0 radical (unpaired) electrons. The first-order valence-electron chi connectivity index (χ1n) is 9.22. The molecule has 0 aliphatic rings. The topological polar surface area (TPSA) is 29.5 Å². The fraction of sp³-hybridized carbons (Fsp3) is 0.208. The molecule has 0 spiro atoms. The Hall–Kier alpha value is -3.07. The lowest BCUT2D eigenvalue weighted by molar-refractivity contribution is -0.134. The normalized spacial score (nSPS) is 10.5. The molecule has 3 aromatic carbocycles. The van der Waals surface area contributed by atoms with Crippen molar-refractivity contribution in [1.82, 2.24) is 0 Å². The number of anilines is 3. The maximum absolute atomic E-state index is 11.7. The van der Waals surface area contributed by atoms with E-state index in [0.29, 0.717) is 12.2 Å². The Bertz CT molecular complexity index is 942. The molecule has 0 amide bonds. The van der Waals surface area contributed by atoms with Crippen molar-refractivity contribution in [3.63, 3.8) is 0 Å². The average Bonchev–Trinajstić information content (AvgIpc) is 2.61. The number of benzene rings is 3. The van der Waals surface area contributed by atoms with Gasteiger partial charge in [0, 0.05) is 29.5 Å². The summed E-state index contributed by atoms with van der Waals surface area (Å²) in [5.41, 5.74) is 6.70. The van der Waals surface area contributed by atoms with Crippen molar-refractivity contribution in [2.45, 2.75) is 34.1 Å². The quantitative estimate of drug-likeness (QED) is 0.390. The highest BCUT2D eigenvalue weighted by molar-refractivity contribution is 5.79. The largest absolute Gasteiger partial charge is 0.426 e. The van der Waals surface area contributed by atoms with E-state index < -0.39 is 0 Å². The van der Waals surface area contributed by atoms with Crippen molar-refractivity contribution in [1.29, 1.82) is 0 Å². The molecule has 0 bridgehead atoms. The minimum Gasteiger partial charge on any atom is -0.426 e. The number of hydrogen-bond donors (Lipinski definition) is 0. The SMILES string of the molecule is CCC(=O)Oc1cccc(N(c2cccc(C)c2)c2cc(C)cc(C)c2)c1. The van der Waals surface area contributed by atoms with Gasteiger partial charge in [0.2, 0.25) is 0 Å². The van der Waals surface area contributed by atoms with Crippen molar-refractivity contribution >= 4 is 23.0 Å². The number of carbonyl (C=O) groups is 1. The zero-order valence-electron chi connectivity index (χ0n) is 16.3. The summed E-state index contributed by atoms with van der Waals surface area (Å²) in [7, 11) is 0. The van der Waals surface area contributed by atoms with Gasteiger partial charge in [0.05, 0.1) is 0 Å². The van der Waals surface area contributed by atoms with Gasteiger partial charge in [-0.2, -0.15) is 0 Å². The molecule has 0 aliphatic carbocycles. The molecule has 0 saturated carbocycles. The van der Waals surface area contributed by atoms with Gasteiger partial charge in [0.25, 0.3) is 0 Å². The van der Waals surface area contributed by atoms with Crippen LogP contribution in [0, 0.1) is 20.8 Å². The second-order valence-electron chi connectivity index (χ2n) is 6.85. The molecule has 0 atom stereocenters. The molecule has 3 aromatic rings. The van der Waals surface area contributed by atoms with Gasteiger partial charge in [-0.1, -0.05) is 31.2 Å². The predicted molar refractivity (Wildman–Crippen MR) is 111 cm³/mol. The summed E-state index contributed by atoms with van der Waals surface area (Å²) in [5.74, 6) is 0.321. The second-order valence-corrected chi connectivity index (χ2v) is 6.85. The summed E-state index contributed by atoms with van der Waals surface area (Å²) >= 11 is 0. The Balaban J connectivity index is 2.13. The van der Waals surface area contributed by atoms with Crippen LogP contribution in [-0.2, 0) is 4.79 Å². The first-order valence-corrected chi connectivity index (χ1v) is 9.22. The molecule has 3 heteroatoms. The molecule has 27 heavy (non-hydrogen) atoms. The lowest BCUT2D eigenvalue weighted by atomic mass is 10.1. The third kappa shape index (κ3) is 4.56. The van der Waals surface area contributed by atoms with Crippen LogP contribution in [0.2, 0.25) is 0 Å². The highest BCUT2D eigenvalue weighted by Gasteiger charge is 2.15. The summed E-state index contributed by atoms with van der Waals surface area (Å²) in [6.45, 7) is 8.08. The Morgan fingerprint density at radius 3 is 2.00 bits per heavy atom. The van der Waals surface area contributed by atoms with Gasteiger partial charge in [0.1, 0.15) is 5.75 Å². The number of aryl methyl sites for hydroxylation is 3. The van der Waals surface area contributed by atoms with Gasteiger partial charge < -0.3 is 9.64 Å². The Morgan fingerprint density at radius 2 is 1.37 bits per heavy atom. The monoisotopic (exact) mass is 359 g/mol. The summed E-state index contributed by atoms with van der Waals surface area (Å²) in [5, 5.41) is 0. The molecule has 138 valence electrons. The second kappa shape index (κ2) is 8.09. The van der Waals surface area contributed by atoms with Gasteiger partial charge >= 0.3 is 5.97 Å². The van der Waals surface area contributed by atoms with Crippen molar-refractivity contribution in [3.8, 4) is 5.75 Å². The standard InChI is InChI=1S/C24H25NO2/c1-5-24(26)27-23-11-7-10-21(16-23)25(20-9-6-8-17(2)13-20)22-14-18(3)12-19(4)15-22/h6-16H,5H2,1-4H3. The zero-order chi connectivity index (χ0) is 19.4. The number of carbonyl (C=O) groups excluding carboxylic acids is 1. The molecule has 0 fully saturated rings. The van der Waals surface area contributed by atoms with Gasteiger partial charge in [-0.3, -0.25) is 4.79 Å². The summed E-state index contributed by atoms with van der Waals surface area (Å²) in [6.07, 6.45) is 0.350. The van der Waals surface area contributed by atoms with Crippen molar-refractivity contribution in [3.05, 3.63) is 83.4 Å². The summed E-state index contributed by atoms with van der Waals surface area (Å²) < 4.78 is 5.43. The van der Waals surface area contributed by atoms with Crippen LogP contribution in [0.5, 0.6) is 5.75 Å². The van der Waals surface area contributed by atoms with Crippen LogP contribution < -0.4 is 9.64 Å². The maximum Gasteiger partial charge on any atom is 0.310 e. The van der Waals surface area contributed by atoms with Crippen LogP contribution in [0.25, 0.3) is 0 Å². The van der Waals surface area contributed by atoms with E-state index in [1.165, 1.54) is 16.7 Å². The van der Waals surface area contributed by atoms with Gasteiger partial charge in [-0.25, -0.2) is 0 Å². The molecule has 0 N–H and O–H groups in total. The highest BCUT2D eigenvalue weighted by Crippen LogP contribution is 2.37. The molecule has 3 rings (SSSR count). The maximum atomic E-state index is 11.7. The van der Waals surface area contributed by atoms with Crippen molar-refractivity contribution < 1.29 is 9.53 Å². The molecular weight excluding hydrogens is 334 g/mol. The third-order valence-electron chi connectivity index (χ3n) is 4.32. The van der Waals surface area contributed by atoms with Crippen LogP contribution in [0.4, 0.5) is 17.1 Å². The Morgan fingerprint density at radius 1 is 0.778 bits per heavy atom. The van der Waals surface area contributed by atoms with Crippen LogP contribution in [0.15, 0.2) is 66.7 Å². The average molecular weight is 359 g/mol. The summed E-state index contributed by atoms with van der Waals surface area (Å²) in [6, 6.07) is 22.6. The molecule has 0 aliphatic heterocycles. The van der Waals surface area contributed by atoms with E-state index in [1.54, 1.807) is 6.92 Å². The van der Waals surface area contributed by atoms with Crippen molar-refractivity contribution in [2.75, 3.05) is 4.90 Å². The smallest absolute Gasteiger partial charge is 0.310 e. The van der Waals surface area contributed by atoms with E-state index in [2.05, 4.69) is 68.1 Å². The van der Waals surface area contributed by atoms with Gasteiger partial charge in [-0.15, -0.1) is 0 Å². The van der Waals surface area contributed by atoms with Crippen LogP contribution in [-0.4, -0.2) is 5.97 Å². The fourth-order valence-corrected chi connectivity index (χ4v) is 3.18. The molecule has 0 unspecified atom stereocenters. The Labute approximate surface area is 161 Å². The number of hydrogen-bond acceptors (Lipinski definition) is 3. The molecule has 0 heterocycles. The molecule has 0 saturated heterocycles.